The molecule has 186 valence electrons. The lowest BCUT2D eigenvalue weighted by molar-refractivity contribution is -0.208. The van der Waals surface area contributed by atoms with Gasteiger partial charge in [-0.15, -0.1) is 0 Å². The maximum absolute atomic E-state index is 11.6. The highest BCUT2D eigenvalue weighted by Crippen LogP contribution is 2.68. The van der Waals surface area contributed by atoms with Gasteiger partial charge in [0, 0.05) is 0 Å². The molecule has 0 aliphatic heterocycles. The number of rotatable bonds is 5. The Hall–Kier alpha value is -0.200. The number of aliphatic hydroxyl groups excluding tert-OH is 4. The molecule has 5 nitrogen and oxygen atoms in total. The third-order valence-electron chi connectivity index (χ3n) is 11.1. The van der Waals surface area contributed by atoms with Gasteiger partial charge >= 0.3 is 0 Å². The zero-order valence-electron chi connectivity index (χ0n) is 20.9. The largest absolute Gasteiger partial charge is 0.393 e. The lowest BCUT2D eigenvalue weighted by Crippen LogP contribution is -2.62. The predicted molar refractivity (Wildman–Crippen MR) is 125 cm³/mol. The molecule has 0 spiro atoms. The van der Waals surface area contributed by atoms with Crippen molar-refractivity contribution in [3.63, 3.8) is 0 Å². The fraction of sp³-hybridized carbons (Fsp3) is 1.00. The first-order valence-corrected chi connectivity index (χ1v) is 13.2. The Morgan fingerprint density at radius 2 is 1.66 bits per heavy atom. The third kappa shape index (κ3) is 3.98. The second kappa shape index (κ2) is 8.48. The second-order valence-electron chi connectivity index (χ2n) is 13.3. The maximum atomic E-state index is 11.6. The van der Waals surface area contributed by atoms with Crippen LogP contribution in [0.1, 0.15) is 92.4 Å². The van der Waals surface area contributed by atoms with E-state index in [9.17, 15) is 25.5 Å². The van der Waals surface area contributed by atoms with Crippen molar-refractivity contribution < 1.29 is 25.5 Å². The lowest BCUT2D eigenvalue weighted by atomic mass is 9.43. The summed E-state index contributed by atoms with van der Waals surface area (Å²) in [6.07, 6.45) is 5.65. The molecule has 4 fully saturated rings. The Morgan fingerprint density at radius 1 is 0.969 bits per heavy atom. The summed E-state index contributed by atoms with van der Waals surface area (Å²) in [5.41, 5.74) is -0.998. The Bertz CT molecular complexity index is 675. The van der Waals surface area contributed by atoms with Crippen LogP contribution in [0.4, 0.5) is 0 Å². The van der Waals surface area contributed by atoms with Crippen molar-refractivity contribution in [2.24, 2.45) is 46.3 Å². The highest BCUT2D eigenvalue weighted by Gasteiger charge is 2.66. The molecule has 0 heterocycles. The average molecular weight is 453 g/mol. The molecule has 12 atom stereocenters. The Balaban J connectivity index is 1.56. The smallest absolute Gasteiger partial charge is 0.0602 e. The molecule has 0 radical (unpaired) electrons. The van der Waals surface area contributed by atoms with Gasteiger partial charge in [-0.1, -0.05) is 20.8 Å². The van der Waals surface area contributed by atoms with E-state index < -0.39 is 17.8 Å². The third-order valence-corrected chi connectivity index (χ3v) is 11.1. The molecule has 5 N–H and O–H groups in total. The van der Waals surface area contributed by atoms with Gasteiger partial charge in [-0.2, -0.15) is 0 Å². The summed E-state index contributed by atoms with van der Waals surface area (Å²) in [4.78, 5) is 0. The normalized spacial score (nSPS) is 50.8. The fourth-order valence-electron chi connectivity index (χ4n) is 9.10. The average Bonchev–Trinajstić information content (AvgIpc) is 3.05. The van der Waals surface area contributed by atoms with Crippen LogP contribution in [-0.4, -0.2) is 55.5 Å². The molecule has 32 heavy (non-hydrogen) atoms. The van der Waals surface area contributed by atoms with Gasteiger partial charge in [0.25, 0.3) is 0 Å². The first-order valence-electron chi connectivity index (χ1n) is 13.2. The number of hydrogen-bond acceptors (Lipinski definition) is 5. The van der Waals surface area contributed by atoms with Gasteiger partial charge in [-0.3, -0.25) is 0 Å². The molecule has 0 bridgehead atoms. The molecule has 4 rings (SSSR count). The summed E-state index contributed by atoms with van der Waals surface area (Å²) in [7, 11) is 0. The predicted octanol–water partition coefficient (Wildman–Crippen LogP) is 3.50. The van der Waals surface area contributed by atoms with Crippen LogP contribution in [0.25, 0.3) is 0 Å². The summed E-state index contributed by atoms with van der Waals surface area (Å²) < 4.78 is 0. The fourth-order valence-corrected chi connectivity index (χ4v) is 9.10. The summed E-state index contributed by atoms with van der Waals surface area (Å²) >= 11 is 0. The van der Waals surface area contributed by atoms with Crippen molar-refractivity contribution in [2.75, 3.05) is 0 Å². The molecule has 4 saturated carbocycles. The van der Waals surface area contributed by atoms with E-state index in [0.717, 1.165) is 44.9 Å². The first kappa shape index (κ1) is 24.9. The summed E-state index contributed by atoms with van der Waals surface area (Å²) in [5, 5.41) is 54.3. The minimum Gasteiger partial charge on any atom is -0.393 e. The number of aliphatic hydroxyl groups is 5. The van der Waals surface area contributed by atoms with Gasteiger partial charge in [-0.05, 0) is 118 Å². The minimum atomic E-state index is -0.786. The van der Waals surface area contributed by atoms with Gasteiger partial charge in [0.2, 0.25) is 0 Å². The van der Waals surface area contributed by atoms with Gasteiger partial charge in [0.1, 0.15) is 0 Å². The molecular formula is C27H48O5. The second-order valence-corrected chi connectivity index (χ2v) is 13.3. The monoisotopic (exact) mass is 452 g/mol. The van der Waals surface area contributed by atoms with E-state index in [1.54, 1.807) is 13.8 Å². The highest BCUT2D eigenvalue weighted by atomic mass is 16.3. The van der Waals surface area contributed by atoms with Crippen LogP contribution in [-0.2, 0) is 0 Å². The molecule has 0 aromatic rings. The van der Waals surface area contributed by atoms with Crippen LogP contribution in [0, 0.1) is 46.3 Å². The lowest BCUT2D eigenvalue weighted by Gasteiger charge is -2.63. The molecule has 0 aromatic heterocycles. The Labute approximate surface area is 194 Å². The van der Waals surface area contributed by atoms with Crippen LogP contribution < -0.4 is 0 Å². The standard InChI is InChI=1S/C27H48O5/c1-15(21(29)9-10-25(2,3)32)18-6-7-19-24-20(14-23(31)27(18,19)5)26(4)11-8-17(28)12-16(26)13-22(24)30/h15-24,28-32H,6-14H2,1-5H3/t15-,16-,17+,18+,19-,20-,21?,22+,23-,24-,26-,27+/m0/s1. The summed E-state index contributed by atoms with van der Waals surface area (Å²) in [6, 6.07) is 0. The van der Waals surface area contributed by atoms with Crippen LogP contribution >= 0.6 is 0 Å². The zero-order chi connectivity index (χ0) is 23.6. The van der Waals surface area contributed by atoms with Crippen molar-refractivity contribution in [1.82, 2.24) is 0 Å². The topological polar surface area (TPSA) is 101 Å². The molecule has 0 aromatic carbocycles. The van der Waals surface area contributed by atoms with E-state index in [1.807, 2.05) is 0 Å². The minimum absolute atomic E-state index is 0.0486. The van der Waals surface area contributed by atoms with Gasteiger partial charge < -0.3 is 25.5 Å². The molecule has 0 amide bonds. The van der Waals surface area contributed by atoms with Crippen LogP contribution in [0.2, 0.25) is 0 Å². The van der Waals surface area contributed by atoms with E-state index in [4.69, 9.17) is 0 Å². The van der Waals surface area contributed by atoms with E-state index in [-0.39, 0.29) is 46.7 Å². The van der Waals surface area contributed by atoms with Gasteiger partial charge in [0.15, 0.2) is 0 Å². The Morgan fingerprint density at radius 3 is 2.31 bits per heavy atom. The van der Waals surface area contributed by atoms with E-state index in [2.05, 4.69) is 20.8 Å². The molecule has 5 heteroatoms. The number of hydrogen-bond donors (Lipinski definition) is 5. The Kier molecular flexibility index (Phi) is 6.60. The number of fused-ring (bicyclic) bond motifs is 5. The van der Waals surface area contributed by atoms with Crippen molar-refractivity contribution in [2.45, 2.75) is 122 Å². The first-order chi connectivity index (χ1) is 14.8. The zero-order valence-corrected chi connectivity index (χ0v) is 20.9. The summed E-state index contributed by atoms with van der Waals surface area (Å²) in [6.45, 7) is 10.3. The van der Waals surface area contributed by atoms with Gasteiger partial charge in [0.05, 0.1) is 30.0 Å². The SMILES string of the molecule is C[C@H](C(O)CCC(C)(C)O)[C@H]1CC[C@H]2[C@@H]3[C@H](O)C[C@@H]4C[C@H](O)CC[C@]4(C)[C@H]3C[C@H](O)[C@]12C. The maximum Gasteiger partial charge on any atom is 0.0602 e. The van der Waals surface area contributed by atoms with E-state index in [1.165, 1.54) is 0 Å². The molecule has 4 aliphatic rings. The molecule has 4 aliphatic carbocycles. The molecule has 0 saturated heterocycles. The van der Waals surface area contributed by atoms with Crippen molar-refractivity contribution >= 4 is 0 Å². The van der Waals surface area contributed by atoms with Gasteiger partial charge in [-0.25, -0.2) is 0 Å². The van der Waals surface area contributed by atoms with Crippen molar-refractivity contribution in [3.05, 3.63) is 0 Å². The van der Waals surface area contributed by atoms with Crippen molar-refractivity contribution in [3.8, 4) is 0 Å². The van der Waals surface area contributed by atoms with Crippen molar-refractivity contribution in [1.29, 1.82) is 0 Å². The molecular weight excluding hydrogens is 404 g/mol. The van der Waals surface area contributed by atoms with E-state index >= 15 is 0 Å². The van der Waals surface area contributed by atoms with Crippen LogP contribution in [0.3, 0.4) is 0 Å². The van der Waals surface area contributed by atoms with Crippen LogP contribution in [0.15, 0.2) is 0 Å². The quantitative estimate of drug-likeness (QED) is 0.440. The highest BCUT2D eigenvalue weighted by molar-refractivity contribution is 5.14. The van der Waals surface area contributed by atoms with E-state index in [0.29, 0.717) is 24.7 Å². The summed E-state index contributed by atoms with van der Waals surface area (Å²) in [5.74, 6) is 1.36. The van der Waals surface area contributed by atoms with Crippen LogP contribution in [0.5, 0.6) is 0 Å². The molecule has 1 unspecified atom stereocenters.